The van der Waals surface area contributed by atoms with Gasteiger partial charge in [0.15, 0.2) is 0 Å². The summed E-state index contributed by atoms with van der Waals surface area (Å²) in [5.41, 5.74) is 0.0227. The monoisotopic (exact) mass is 282 g/mol. The minimum Gasteiger partial charge on any atom is -0.322 e. The van der Waals surface area contributed by atoms with Crippen LogP contribution in [0.3, 0.4) is 0 Å². The Balaban J connectivity index is 1.92. The zero-order valence-electron chi connectivity index (χ0n) is 11.8. The fourth-order valence-electron chi connectivity index (χ4n) is 2.90. The molecule has 1 saturated heterocycles. The van der Waals surface area contributed by atoms with Gasteiger partial charge in [-0.05, 0) is 30.4 Å². The summed E-state index contributed by atoms with van der Waals surface area (Å²) in [5.74, 6) is -0.544. The van der Waals surface area contributed by atoms with Crippen molar-refractivity contribution in [2.24, 2.45) is 11.8 Å². The van der Waals surface area contributed by atoms with Crippen molar-refractivity contribution in [3.8, 4) is 0 Å². The second kappa shape index (κ2) is 6.31. The molecular weight excluding hydrogens is 262 g/mol. The number of likely N-dealkylation sites (tertiary alicyclic amines) is 1. The van der Waals surface area contributed by atoms with Gasteiger partial charge in [-0.3, -0.25) is 9.69 Å². The van der Waals surface area contributed by atoms with Crippen molar-refractivity contribution in [3.05, 3.63) is 29.8 Å². The SMILES string of the molecule is C[C@@H]1C[C@H](C)CN(CC(=O)Nc2ccc(F)cc2F)C1. The van der Waals surface area contributed by atoms with Crippen LogP contribution in [0.25, 0.3) is 0 Å². The van der Waals surface area contributed by atoms with Crippen molar-refractivity contribution >= 4 is 11.6 Å². The highest BCUT2D eigenvalue weighted by Gasteiger charge is 2.23. The van der Waals surface area contributed by atoms with Crippen LogP contribution in [0, 0.1) is 23.5 Å². The number of benzene rings is 1. The zero-order valence-corrected chi connectivity index (χ0v) is 11.8. The van der Waals surface area contributed by atoms with E-state index in [2.05, 4.69) is 24.1 Å². The summed E-state index contributed by atoms with van der Waals surface area (Å²) in [6.45, 7) is 6.33. The Morgan fingerprint density at radius 1 is 1.30 bits per heavy atom. The van der Waals surface area contributed by atoms with E-state index in [0.29, 0.717) is 11.8 Å². The minimum atomic E-state index is -0.751. The number of amides is 1. The Morgan fingerprint density at radius 3 is 2.55 bits per heavy atom. The van der Waals surface area contributed by atoms with Gasteiger partial charge in [-0.1, -0.05) is 13.8 Å². The Morgan fingerprint density at radius 2 is 1.95 bits per heavy atom. The second-order valence-corrected chi connectivity index (χ2v) is 5.81. The first kappa shape index (κ1) is 14.9. The molecule has 1 aromatic carbocycles. The Kier molecular flexibility index (Phi) is 4.70. The van der Waals surface area contributed by atoms with Gasteiger partial charge in [0.05, 0.1) is 12.2 Å². The maximum atomic E-state index is 13.4. The van der Waals surface area contributed by atoms with E-state index in [1.165, 1.54) is 12.5 Å². The van der Waals surface area contributed by atoms with Crippen LogP contribution in [0.4, 0.5) is 14.5 Å². The summed E-state index contributed by atoms with van der Waals surface area (Å²) in [7, 11) is 0. The summed E-state index contributed by atoms with van der Waals surface area (Å²) in [4.78, 5) is 14.0. The van der Waals surface area contributed by atoms with E-state index in [1.54, 1.807) is 0 Å². The van der Waals surface area contributed by atoms with Gasteiger partial charge in [-0.25, -0.2) is 8.78 Å². The van der Waals surface area contributed by atoms with Gasteiger partial charge in [0.25, 0.3) is 0 Å². The molecule has 110 valence electrons. The van der Waals surface area contributed by atoms with E-state index in [1.807, 2.05) is 0 Å². The third kappa shape index (κ3) is 4.00. The molecule has 0 aromatic heterocycles. The first-order chi connectivity index (χ1) is 9.44. The number of rotatable bonds is 3. The average Bonchev–Trinajstić information content (AvgIpc) is 2.31. The van der Waals surface area contributed by atoms with E-state index >= 15 is 0 Å². The average molecular weight is 282 g/mol. The highest BCUT2D eigenvalue weighted by Crippen LogP contribution is 2.21. The zero-order chi connectivity index (χ0) is 14.7. The summed E-state index contributed by atoms with van der Waals surface area (Å²) in [6, 6.07) is 3.13. The molecule has 2 atom stereocenters. The molecule has 1 aromatic rings. The first-order valence-corrected chi connectivity index (χ1v) is 6.91. The summed E-state index contributed by atoms with van der Waals surface area (Å²) >= 11 is 0. The number of anilines is 1. The molecule has 0 spiro atoms. The van der Waals surface area contributed by atoms with Gasteiger partial charge in [-0.15, -0.1) is 0 Å². The quantitative estimate of drug-likeness (QED) is 0.924. The molecule has 0 radical (unpaired) electrons. The Labute approximate surface area is 118 Å². The number of halogens is 2. The van der Waals surface area contributed by atoms with Crippen molar-refractivity contribution in [3.63, 3.8) is 0 Å². The summed E-state index contributed by atoms with van der Waals surface area (Å²) < 4.78 is 26.2. The van der Waals surface area contributed by atoms with E-state index in [0.717, 1.165) is 25.2 Å². The number of nitrogens with one attached hydrogen (secondary N) is 1. The van der Waals surface area contributed by atoms with Crippen LogP contribution in [0.2, 0.25) is 0 Å². The largest absolute Gasteiger partial charge is 0.322 e. The summed E-state index contributed by atoms with van der Waals surface area (Å²) in [6.07, 6.45) is 1.17. The molecule has 5 heteroatoms. The lowest BCUT2D eigenvalue weighted by molar-refractivity contribution is -0.117. The molecule has 2 rings (SSSR count). The number of piperidine rings is 1. The number of carbonyl (C=O) groups excluding carboxylic acids is 1. The molecule has 1 fully saturated rings. The van der Waals surface area contributed by atoms with Crippen molar-refractivity contribution in [2.75, 3.05) is 25.0 Å². The Hall–Kier alpha value is -1.49. The third-order valence-corrected chi connectivity index (χ3v) is 3.52. The van der Waals surface area contributed by atoms with Gasteiger partial charge < -0.3 is 5.32 Å². The molecule has 1 aliphatic heterocycles. The molecule has 1 aliphatic rings. The van der Waals surface area contributed by atoms with Crippen LogP contribution < -0.4 is 5.32 Å². The molecular formula is C15H20F2N2O. The van der Waals surface area contributed by atoms with Crippen molar-refractivity contribution < 1.29 is 13.6 Å². The van der Waals surface area contributed by atoms with Gasteiger partial charge in [0.2, 0.25) is 5.91 Å². The first-order valence-electron chi connectivity index (χ1n) is 6.91. The molecule has 0 unspecified atom stereocenters. The molecule has 1 N–H and O–H groups in total. The fourth-order valence-corrected chi connectivity index (χ4v) is 2.90. The third-order valence-electron chi connectivity index (χ3n) is 3.52. The predicted octanol–water partition coefficient (Wildman–Crippen LogP) is 2.88. The van der Waals surface area contributed by atoms with Gasteiger partial charge in [-0.2, -0.15) is 0 Å². The summed E-state index contributed by atoms with van der Waals surface area (Å²) in [5, 5.41) is 2.49. The second-order valence-electron chi connectivity index (χ2n) is 5.81. The fraction of sp³-hybridized carbons (Fsp3) is 0.533. The highest BCUT2D eigenvalue weighted by molar-refractivity contribution is 5.92. The van der Waals surface area contributed by atoms with Crippen molar-refractivity contribution in [1.29, 1.82) is 0 Å². The number of carbonyl (C=O) groups is 1. The van der Waals surface area contributed by atoms with E-state index in [4.69, 9.17) is 0 Å². The molecule has 3 nitrogen and oxygen atoms in total. The van der Waals surface area contributed by atoms with E-state index in [9.17, 15) is 13.6 Å². The van der Waals surface area contributed by atoms with Gasteiger partial charge >= 0.3 is 0 Å². The van der Waals surface area contributed by atoms with Crippen molar-refractivity contribution in [1.82, 2.24) is 4.90 Å². The minimum absolute atomic E-state index is 0.0227. The van der Waals surface area contributed by atoms with Crippen LogP contribution in [0.1, 0.15) is 20.3 Å². The van der Waals surface area contributed by atoms with Crippen LogP contribution in [0.15, 0.2) is 18.2 Å². The van der Waals surface area contributed by atoms with Crippen LogP contribution in [-0.2, 0) is 4.79 Å². The van der Waals surface area contributed by atoms with Crippen molar-refractivity contribution in [2.45, 2.75) is 20.3 Å². The normalized spacial score (nSPS) is 23.6. The Bertz CT molecular complexity index is 483. The molecule has 0 bridgehead atoms. The lowest BCUT2D eigenvalue weighted by atomic mass is 9.92. The van der Waals surface area contributed by atoms with E-state index < -0.39 is 11.6 Å². The molecule has 0 saturated carbocycles. The lowest BCUT2D eigenvalue weighted by Gasteiger charge is -2.34. The maximum absolute atomic E-state index is 13.4. The van der Waals surface area contributed by atoms with Crippen LogP contribution in [-0.4, -0.2) is 30.4 Å². The molecule has 1 heterocycles. The number of hydrogen-bond acceptors (Lipinski definition) is 2. The van der Waals surface area contributed by atoms with Crippen LogP contribution in [0.5, 0.6) is 0 Å². The topological polar surface area (TPSA) is 32.3 Å². The standard InChI is InChI=1S/C15H20F2N2O/c1-10-5-11(2)8-19(7-10)9-15(20)18-14-4-3-12(16)6-13(14)17/h3-4,6,10-11H,5,7-9H2,1-2H3,(H,18,20)/t10-,11+. The lowest BCUT2D eigenvalue weighted by Crippen LogP contribution is -2.42. The number of nitrogens with zero attached hydrogens (tertiary/aromatic N) is 1. The van der Waals surface area contributed by atoms with Gasteiger partial charge in [0, 0.05) is 19.2 Å². The maximum Gasteiger partial charge on any atom is 0.238 e. The molecule has 1 amide bonds. The molecule has 20 heavy (non-hydrogen) atoms. The smallest absolute Gasteiger partial charge is 0.238 e. The highest BCUT2D eigenvalue weighted by atomic mass is 19.1. The van der Waals surface area contributed by atoms with Crippen LogP contribution >= 0.6 is 0 Å². The molecule has 0 aliphatic carbocycles. The predicted molar refractivity (Wildman–Crippen MR) is 74.4 cm³/mol. The number of hydrogen-bond donors (Lipinski definition) is 1. The van der Waals surface area contributed by atoms with Gasteiger partial charge in [0.1, 0.15) is 11.6 Å². The van der Waals surface area contributed by atoms with E-state index in [-0.39, 0.29) is 18.1 Å².